The van der Waals surface area contributed by atoms with Crippen molar-refractivity contribution in [3.05, 3.63) is 35.7 Å². The first-order valence-electron chi connectivity index (χ1n) is 9.53. The number of rotatable bonds is 7. The number of halogens is 3. The highest BCUT2D eigenvalue weighted by atomic mass is 19.4. The maximum atomic E-state index is 13.1. The predicted octanol–water partition coefficient (Wildman–Crippen LogP) is 2.85. The topological polar surface area (TPSA) is 105 Å². The molecule has 2 heterocycles. The van der Waals surface area contributed by atoms with Crippen LogP contribution in [-0.2, 0) is 13.2 Å². The number of amides is 1. The Labute approximate surface area is 181 Å². The maximum absolute atomic E-state index is 13.1. The molecule has 3 rings (SSSR count). The minimum atomic E-state index is -4.59. The highest BCUT2D eigenvalue weighted by Crippen LogP contribution is 2.36. The summed E-state index contributed by atoms with van der Waals surface area (Å²) >= 11 is 0. The molecule has 172 valence electrons. The second kappa shape index (κ2) is 8.91. The van der Waals surface area contributed by atoms with Crippen LogP contribution in [0.3, 0.4) is 0 Å². The second-order valence-electron chi connectivity index (χ2n) is 7.00. The minimum absolute atomic E-state index is 0.0619. The fraction of sp³-hybridized carbons (Fsp3) is 0.350. The van der Waals surface area contributed by atoms with Crippen molar-refractivity contribution in [3.63, 3.8) is 0 Å². The number of nitrogens with zero attached hydrogens (tertiary/aromatic N) is 4. The van der Waals surface area contributed by atoms with Gasteiger partial charge in [-0.05, 0) is 12.1 Å². The monoisotopic (exact) mass is 452 g/mol. The Morgan fingerprint density at radius 1 is 1.34 bits per heavy atom. The largest absolute Gasteiger partial charge is 0.495 e. The highest BCUT2D eigenvalue weighted by Gasteiger charge is 2.35. The number of methoxy groups -OCH3 is 1. The van der Waals surface area contributed by atoms with Gasteiger partial charge in [-0.3, -0.25) is 4.79 Å². The molecular formula is C20H23F3N6O3. The first-order valence-corrected chi connectivity index (χ1v) is 9.53. The van der Waals surface area contributed by atoms with E-state index in [0.29, 0.717) is 34.1 Å². The van der Waals surface area contributed by atoms with E-state index in [9.17, 15) is 18.0 Å². The van der Waals surface area contributed by atoms with Crippen LogP contribution in [0.25, 0.3) is 10.9 Å². The molecule has 12 heteroatoms. The Morgan fingerprint density at radius 2 is 2.06 bits per heavy atom. The summed E-state index contributed by atoms with van der Waals surface area (Å²) in [6.07, 6.45) is -2.23. The van der Waals surface area contributed by atoms with Crippen LogP contribution in [0.5, 0.6) is 5.75 Å². The summed E-state index contributed by atoms with van der Waals surface area (Å²) < 4.78 is 46.5. The quantitative estimate of drug-likeness (QED) is 0.506. The van der Waals surface area contributed by atoms with Gasteiger partial charge in [0, 0.05) is 45.5 Å². The Bertz CT molecular complexity index is 1150. The summed E-state index contributed by atoms with van der Waals surface area (Å²) in [7, 11) is 6.12. The molecule has 0 unspecified atom stereocenters. The molecule has 1 amide bonds. The number of nitrogens with one attached hydrogen (secondary N) is 2. The van der Waals surface area contributed by atoms with E-state index >= 15 is 0 Å². The summed E-state index contributed by atoms with van der Waals surface area (Å²) in [4.78, 5) is 21.8. The van der Waals surface area contributed by atoms with E-state index in [-0.39, 0.29) is 30.8 Å². The second-order valence-corrected chi connectivity index (χ2v) is 7.00. The lowest BCUT2D eigenvalue weighted by Gasteiger charge is -2.16. The zero-order chi connectivity index (χ0) is 23.6. The van der Waals surface area contributed by atoms with Crippen molar-refractivity contribution < 1.29 is 27.8 Å². The van der Waals surface area contributed by atoms with Crippen LogP contribution >= 0.6 is 0 Å². The van der Waals surface area contributed by atoms with E-state index in [1.54, 1.807) is 37.0 Å². The van der Waals surface area contributed by atoms with Crippen molar-refractivity contribution in [3.8, 4) is 5.75 Å². The molecule has 2 aromatic heterocycles. The molecule has 0 radical (unpaired) electrons. The smallest absolute Gasteiger partial charge is 0.421 e. The van der Waals surface area contributed by atoms with Crippen LogP contribution in [0.2, 0.25) is 0 Å². The summed E-state index contributed by atoms with van der Waals surface area (Å²) in [5, 5.41) is 15.0. The Balaban J connectivity index is 2.03. The number of aliphatic hydroxyl groups is 1. The van der Waals surface area contributed by atoms with E-state index in [1.807, 2.05) is 0 Å². The van der Waals surface area contributed by atoms with Gasteiger partial charge in [0.1, 0.15) is 17.1 Å². The van der Waals surface area contributed by atoms with Gasteiger partial charge in [0.05, 0.1) is 30.5 Å². The Kier molecular flexibility index (Phi) is 6.44. The molecule has 0 saturated heterocycles. The summed E-state index contributed by atoms with van der Waals surface area (Å²) in [5.74, 6) is -0.351. The lowest BCUT2D eigenvalue weighted by atomic mass is 10.1. The molecule has 0 aliphatic rings. The van der Waals surface area contributed by atoms with Crippen molar-refractivity contribution in [1.82, 2.24) is 19.4 Å². The predicted molar refractivity (Wildman–Crippen MR) is 113 cm³/mol. The SMILES string of the molecule is CNc1nc(Nc2cc3c(cc2OC)c(C(=O)N(C)CCO)cn3C)ncc1C(F)(F)F. The number of carbonyl (C=O) groups is 1. The van der Waals surface area contributed by atoms with Crippen LogP contribution in [0, 0.1) is 0 Å². The van der Waals surface area contributed by atoms with Crippen LogP contribution < -0.4 is 15.4 Å². The molecular weight excluding hydrogens is 429 g/mol. The zero-order valence-corrected chi connectivity index (χ0v) is 17.9. The molecule has 0 spiro atoms. The normalized spacial score (nSPS) is 11.5. The van der Waals surface area contributed by atoms with Crippen molar-refractivity contribution in [2.45, 2.75) is 6.18 Å². The van der Waals surface area contributed by atoms with Crippen molar-refractivity contribution in [2.75, 3.05) is 45.0 Å². The zero-order valence-electron chi connectivity index (χ0n) is 17.9. The van der Waals surface area contributed by atoms with Gasteiger partial charge in [-0.15, -0.1) is 0 Å². The van der Waals surface area contributed by atoms with Gasteiger partial charge in [0.15, 0.2) is 0 Å². The molecule has 32 heavy (non-hydrogen) atoms. The van der Waals surface area contributed by atoms with Crippen LogP contribution in [0.4, 0.5) is 30.6 Å². The third kappa shape index (κ3) is 4.40. The first-order chi connectivity index (χ1) is 15.1. The molecule has 0 bridgehead atoms. The Hall–Kier alpha value is -3.54. The number of benzene rings is 1. The molecule has 0 saturated carbocycles. The van der Waals surface area contributed by atoms with Crippen LogP contribution in [-0.4, -0.2) is 64.8 Å². The van der Waals surface area contributed by atoms with Gasteiger partial charge < -0.3 is 29.9 Å². The number of ether oxygens (including phenoxy) is 1. The third-order valence-electron chi connectivity index (χ3n) is 4.90. The number of hydrogen-bond donors (Lipinski definition) is 3. The van der Waals surface area contributed by atoms with E-state index in [0.717, 1.165) is 0 Å². The lowest BCUT2D eigenvalue weighted by Crippen LogP contribution is -2.29. The van der Waals surface area contributed by atoms with Gasteiger partial charge in [0.2, 0.25) is 5.95 Å². The summed E-state index contributed by atoms with van der Waals surface area (Å²) in [6.45, 7) is 0.0250. The number of fused-ring (bicyclic) bond motifs is 1. The number of likely N-dealkylation sites (N-methyl/N-ethyl adjacent to an activating group) is 1. The number of aliphatic hydroxyl groups excluding tert-OH is 1. The van der Waals surface area contributed by atoms with Gasteiger partial charge >= 0.3 is 6.18 Å². The number of hydrogen-bond acceptors (Lipinski definition) is 7. The van der Waals surface area contributed by atoms with Gasteiger partial charge in [0.25, 0.3) is 5.91 Å². The summed E-state index contributed by atoms with van der Waals surface area (Å²) in [6, 6.07) is 3.35. The molecule has 3 N–H and O–H groups in total. The minimum Gasteiger partial charge on any atom is -0.495 e. The molecule has 1 aromatic carbocycles. The van der Waals surface area contributed by atoms with E-state index < -0.39 is 11.7 Å². The molecule has 0 aliphatic heterocycles. The molecule has 0 aliphatic carbocycles. The molecule has 0 fully saturated rings. The van der Waals surface area contributed by atoms with Crippen LogP contribution in [0.1, 0.15) is 15.9 Å². The maximum Gasteiger partial charge on any atom is 0.421 e. The average molecular weight is 452 g/mol. The van der Waals surface area contributed by atoms with Crippen molar-refractivity contribution in [2.24, 2.45) is 7.05 Å². The summed E-state index contributed by atoms with van der Waals surface area (Å²) in [5.41, 5.74) is 0.526. The number of carbonyl (C=O) groups excluding carboxylic acids is 1. The van der Waals surface area contributed by atoms with E-state index in [2.05, 4.69) is 20.6 Å². The Morgan fingerprint density at radius 3 is 2.66 bits per heavy atom. The van der Waals surface area contributed by atoms with Gasteiger partial charge in [-0.25, -0.2) is 4.98 Å². The van der Waals surface area contributed by atoms with Crippen molar-refractivity contribution in [1.29, 1.82) is 0 Å². The van der Waals surface area contributed by atoms with Gasteiger partial charge in [-0.1, -0.05) is 0 Å². The first kappa shape index (κ1) is 23.1. The van der Waals surface area contributed by atoms with Crippen molar-refractivity contribution >= 4 is 34.3 Å². The standard InChI is InChI=1S/C20H23F3N6O3/c1-24-17-13(20(21,22)23)9-25-19(27-17)26-14-8-15-11(7-16(14)32-4)12(10-29(15)3)18(31)28(2)5-6-30/h7-10,30H,5-6H2,1-4H3,(H2,24,25,26,27). The fourth-order valence-corrected chi connectivity index (χ4v) is 3.26. The number of alkyl halides is 3. The average Bonchev–Trinajstić information content (AvgIpc) is 3.07. The van der Waals surface area contributed by atoms with E-state index in [1.165, 1.54) is 19.1 Å². The third-order valence-corrected chi connectivity index (χ3v) is 4.90. The number of anilines is 3. The van der Waals surface area contributed by atoms with E-state index in [4.69, 9.17) is 9.84 Å². The lowest BCUT2D eigenvalue weighted by molar-refractivity contribution is -0.137. The highest BCUT2D eigenvalue weighted by molar-refractivity contribution is 6.08. The molecule has 9 nitrogen and oxygen atoms in total. The van der Waals surface area contributed by atoms with Crippen LogP contribution in [0.15, 0.2) is 24.5 Å². The molecule has 0 atom stereocenters. The number of aryl methyl sites for hydroxylation is 1. The number of aromatic nitrogens is 3. The van der Waals surface area contributed by atoms with Gasteiger partial charge in [-0.2, -0.15) is 18.2 Å². The molecule has 3 aromatic rings. The fourth-order valence-electron chi connectivity index (χ4n) is 3.26.